The molecule has 0 aromatic heterocycles. The van der Waals surface area contributed by atoms with Crippen LogP contribution in [0.25, 0.3) is 0 Å². The Morgan fingerprint density at radius 3 is 1.46 bits per heavy atom. The van der Waals surface area contributed by atoms with E-state index in [-0.39, 0.29) is 11.8 Å². The van der Waals surface area contributed by atoms with E-state index in [2.05, 4.69) is 0 Å². The van der Waals surface area contributed by atoms with Crippen molar-refractivity contribution in [1.82, 2.24) is 9.80 Å². The molecule has 13 heavy (non-hydrogen) atoms. The number of nitrogens with zero attached hydrogens (tertiary/aromatic N) is 2. The first-order valence-corrected chi connectivity index (χ1v) is 4.06. The highest BCUT2D eigenvalue weighted by atomic mass is 16.2. The molecule has 0 aromatic rings. The Balaban J connectivity index is 4.72. The van der Waals surface area contributed by atoms with E-state index in [1.807, 2.05) is 0 Å². The van der Waals surface area contributed by atoms with Gasteiger partial charge < -0.3 is 9.80 Å². The largest absolute Gasteiger partial charge is 0.302 e. The van der Waals surface area contributed by atoms with Crippen molar-refractivity contribution in [2.45, 2.75) is 20.8 Å². The Bertz CT molecular complexity index is 224. The number of hydrogen-bond donors (Lipinski definition) is 0. The summed E-state index contributed by atoms with van der Waals surface area (Å²) >= 11 is 0. The van der Waals surface area contributed by atoms with Crippen LogP contribution in [0.2, 0.25) is 0 Å². The number of rotatable bonds is 2. The summed E-state index contributed by atoms with van der Waals surface area (Å²) in [5.74, 6) is 0.405. The molecular formula is C9H16N2O2. The molecule has 0 unspecified atom stereocenters. The quantitative estimate of drug-likeness (QED) is 0.637. The van der Waals surface area contributed by atoms with Gasteiger partial charge in [-0.1, -0.05) is 0 Å². The molecule has 74 valence electrons. The topological polar surface area (TPSA) is 40.6 Å². The highest BCUT2D eigenvalue weighted by Gasteiger charge is 2.14. The fraction of sp³-hybridized carbons (Fsp3) is 0.556. The van der Waals surface area contributed by atoms with Crippen LogP contribution in [-0.2, 0) is 9.59 Å². The first kappa shape index (κ1) is 11.7. The van der Waals surface area contributed by atoms with E-state index < -0.39 is 0 Å². The van der Waals surface area contributed by atoms with E-state index in [9.17, 15) is 9.59 Å². The van der Waals surface area contributed by atoms with Crippen molar-refractivity contribution >= 4 is 11.8 Å². The minimum atomic E-state index is -0.0961. The van der Waals surface area contributed by atoms with Gasteiger partial charge in [0.25, 0.3) is 0 Å². The van der Waals surface area contributed by atoms with Gasteiger partial charge >= 0.3 is 0 Å². The summed E-state index contributed by atoms with van der Waals surface area (Å²) in [6.07, 6.45) is 1.72. The fourth-order valence-corrected chi connectivity index (χ4v) is 0.935. The first-order valence-electron chi connectivity index (χ1n) is 4.06. The number of amides is 2. The molecular weight excluding hydrogens is 168 g/mol. The lowest BCUT2D eigenvalue weighted by Gasteiger charge is -2.26. The molecule has 0 atom stereocenters. The number of carbonyl (C=O) groups excluding carboxylic acids is 2. The highest BCUT2D eigenvalue weighted by molar-refractivity contribution is 5.79. The molecule has 0 aromatic carbocycles. The normalized spacial score (nSPS) is 9.00. The summed E-state index contributed by atoms with van der Waals surface area (Å²) in [4.78, 5) is 24.9. The van der Waals surface area contributed by atoms with Crippen molar-refractivity contribution in [2.24, 2.45) is 0 Å². The van der Waals surface area contributed by atoms with Gasteiger partial charge in [0.05, 0.1) is 0 Å². The Morgan fingerprint density at radius 1 is 1.00 bits per heavy atom. The predicted octanol–water partition coefficient (Wildman–Crippen LogP) is 0.804. The summed E-state index contributed by atoms with van der Waals surface area (Å²) in [5.41, 5.74) is 0. The van der Waals surface area contributed by atoms with E-state index in [0.29, 0.717) is 5.82 Å². The predicted molar refractivity (Wildman–Crippen MR) is 50.6 cm³/mol. The number of carbonyl (C=O) groups is 2. The summed E-state index contributed by atoms with van der Waals surface area (Å²) < 4.78 is 0. The average Bonchev–Trinajstić information content (AvgIpc) is 2.04. The van der Waals surface area contributed by atoms with E-state index in [0.717, 1.165) is 0 Å². The maximum Gasteiger partial charge on any atom is 0.224 e. The van der Waals surface area contributed by atoms with Gasteiger partial charge in [-0.3, -0.25) is 9.59 Å². The van der Waals surface area contributed by atoms with E-state index in [4.69, 9.17) is 0 Å². The third-order valence-electron chi connectivity index (χ3n) is 1.89. The van der Waals surface area contributed by atoms with Crippen LogP contribution in [-0.4, -0.2) is 35.7 Å². The van der Waals surface area contributed by atoms with Crippen molar-refractivity contribution in [3.63, 3.8) is 0 Å². The van der Waals surface area contributed by atoms with Gasteiger partial charge in [-0.15, -0.1) is 0 Å². The van der Waals surface area contributed by atoms with E-state index >= 15 is 0 Å². The molecule has 0 N–H and O–H groups in total. The summed E-state index contributed by atoms with van der Waals surface area (Å²) in [6, 6.07) is 0. The summed E-state index contributed by atoms with van der Waals surface area (Å²) in [6.45, 7) is 4.70. The van der Waals surface area contributed by atoms with Gasteiger partial charge in [0.15, 0.2) is 0 Å². The van der Waals surface area contributed by atoms with Crippen molar-refractivity contribution in [3.05, 3.63) is 11.9 Å². The smallest absolute Gasteiger partial charge is 0.224 e. The lowest BCUT2D eigenvalue weighted by molar-refractivity contribution is -0.130. The van der Waals surface area contributed by atoms with E-state index in [1.54, 1.807) is 27.1 Å². The highest BCUT2D eigenvalue weighted by Crippen LogP contribution is 2.06. The van der Waals surface area contributed by atoms with Gasteiger partial charge in [-0.2, -0.15) is 0 Å². The van der Waals surface area contributed by atoms with Crippen LogP contribution in [0.15, 0.2) is 11.9 Å². The maximum absolute atomic E-state index is 11.0. The number of allylic oxidation sites excluding steroid dienone is 1. The van der Waals surface area contributed by atoms with Crippen LogP contribution >= 0.6 is 0 Å². The summed E-state index contributed by atoms with van der Waals surface area (Å²) in [7, 11) is 3.27. The van der Waals surface area contributed by atoms with Crippen LogP contribution in [0.1, 0.15) is 20.8 Å². The minimum Gasteiger partial charge on any atom is -0.302 e. The van der Waals surface area contributed by atoms with Crippen LogP contribution in [0.5, 0.6) is 0 Å². The Hall–Kier alpha value is -1.32. The summed E-state index contributed by atoms with van der Waals surface area (Å²) in [5, 5.41) is 0. The molecule has 0 saturated heterocycles. The molecule has 2 amide bonds. The molecule has 0 rings (SSSR count). The third-order valence-corrected chi connectivity index (χ3v) is 1.89. The van der Waals surface area contributed by atoms with Crippen molar-refractivity contribution in [1.29, 1.82) is 0 Å². The van der Waals surface area contributed by atoms with Crippen molar-refractivity contribution in [3.8, 4) is 0 Å². The zero-order valence-electron chi connectivity index (χ0n) is 8.79. The van der Waals surface area contributed by atoms with Gasteiger partial charge in [0.2, 0.25) is 11.8 Å². The van der Waals surface area contributed by atoms with Crippen molar-refractivity contribution < 1.29 is 9.59 Å². The second-order valence-corrected chi connectivity index (χ2v) is 2.80. The van der Waals surface area contributed by atoms with Crippen molar-refractivity contribution in [2.75, 3.05) is 14.1 Å². The van der Waals surface area contributed by atoms with Gasteiger partial charge in [-0.25, -0.2) is 0 Å². The second kappa shape index (κ2) is 4.64. The van der Waals surface area contributed by atoms with Crippen LogP contribution in [0.3, 0.4) is 0 Å². The monoisotopic (exact) mass is 184 g/mol. The molecule has 4 nitrogen and oxygen atoms in total. The SMILES string of the molecule is CC=C(N(C)C(C)=O)N(C)C(C)=O. The standard InChI is InChI=1S/C9H16N2O2/c1-6-9(10(4)7(2)12)11(5)8(3)13/h6H,1-5H3. The average molecular weight is 184 g/mol. The van der Waals surface area contributed by atoms with Gasteiger partial charge in [-0.05, 0) is 13.0 Å². The molecule has 0 fully saturated rings. The lowest BCUT2D eigenvalue weighted by Crippen LogP contribution is -2.35. The van der Waals surface area contributed by atoms with E-state index in [1.165, 1.54) is 23.6 Å². The molecule has 0 aliphatic rings. The van der Waals surface area contributed by atoms with Gasteiger partial charge in [0.1, 0.15) is 5.82 Å². The molecule has 0 saturated carbocycles. The molecule has 4 heteroatoms. The molecule has 0 bridgehead atoms. The molecule has 0 aliphatic carbocycles. The molecule has 0 heterocycles. The fourth-order valence-electron chi connectivity index (χ4n) is 0.935. The van der Waals surface area contributed by atoms with Crippen LogP contribution in [0, 0.1) is 0 Å². The second-order valence-electron chi connectivity index (χ2n) is 2.80. The maximum atomic E-state index is 11.0. The number of hydrogen-bond acceptors (Lipinski definition) is 2. The van der Waals surface area contributed by atoms with Crippen LogP contribution < -0.4 is 0 Å². The Morgan fingerprint density at radius 2 is 1.31 bits per heavy atom. The first-order chi connectivity index (χ1) is 5.91. The molecule has 0 aliphatic heterocycles. The molecule has 0 spiro atoms. The Labute approximate surface area is 78.8 Å². The lowest BCUT2D eigenvalue weighted by atomic mass is 10.4. The van der Waals surface area contributed by atoms with Gasteiger partial charge in [0, 0.05) is 27.9 Å². The van der Waals surface area contributed by atoms with Crippen LogP contribution in [0.4, 0.5) is 0 Å². The minimum absolute atomic E-state index is 0.0961. The molecule has 0 radical (unpaired) electrons. The Kier molecular flexibility index (Phi) is 4.17. The zero-order valence-corrected chi connectivity index (χ0v) is 8.79. The zero-order chi connectivity index (χ0) is 10.6. The third kappa shape index (κ3) is 2.89.